The van der Waals surface area contributed by atoms with E-state index in [0.29, 0.717) is 0 Å². The van der Waals surface area contributed by atoms with Gasteiger partial charge in [-0.15, -0.1) is 0 Å². The van der Waals surface area contributed by atoms with Crippen LogP contribution in [0.2, 0.25) is 0 Å². The summed E-state index contributed by atoms with van der Waals surface area (Å²) in [4.78, 5) is 12.4. The van der Waals surface area contributed by atoms with Gasteiger partial charge in [-0.05, 0) is 12.5 Å². The number of pyridine rings is 1. The molecule has 0 bridgehead atoms. The molecule has 1 N–H and O–H groups in total. The van der Waals surface area contributed by atoms with E-state index in [1.807, 2.05) is 37.4 Å². The SMILES string of the molecule is C=Cc1c(C)ncc2[nH]c(Cc3ccccc3)nc12. The molecular formula is C16H15N3. The second kappa shape index (κ2) is 4.69. The summed E-state index contributed by atoms with van der Waals surface area (Å²) < 4.78 is 0. The average Bonchev–Trinajstić information content (AvgIpc) is 2.82. The van der Waals surface area contributed by atoms with Crippen molar-refractivity contribution in [2.24, 2.45) is 0 Å². The molecular weight excluding hydrogens is 234 g/mol. The van der Waals surface area contributed by atoms with Gasteiger partial charge in [0.2, 0.25) is 0 Å². The van der Waals surface area contributed by atoms with Gasteiger partial charge in [-0.1, -0.05) is 43.0 Å². The van der Waals surface area contributed by atoms with E-state index in [-0.39, 0.29) is 0 Å². The van der Waals surface area contributed by atoms with Gasteiger partial charge >= 0.3 is 0 Å². The van der Waals surface area contributed by atoms with Crippen LogP contribution in [-0.2, 0) is 6.42 Å². The molecule has 0 radical (unpaired) electrons. The van der Waals surface area contributed by atoms with E-state index in [2.05, 4.69) is 33.7 Å². The zero-order valence-electron chi connectivity index (χ0n) is 10.9. The summed E-state index contributed by atoms with van der Waals surface area (Å²) in [6.45, 7) is 5.82. The minimum atomic E-state index is 0.797. The number of aromatic nitrogens is 3. The summed E-state index contributed by atoms with van der Waals surface area (Å²) >= 11 is 0. The number of hydrogen-bond acceptors (Lipinski definition) is 2. The number of imidazole rings is 1. The Hall–Kier alpha value is -2.42. The third-order valence-corrected chi connectivity index (χ3v) is 3.23. The fourth-order valence-corrected chi connectivity index (χ4v) is 2.26. The van der Waals surface area contributed by atoms with Gasteiger partial charge in [0.25, 0.3) is 0 Å². The molecule has 3 nitrogen and oxygen atoms in total. The minimum Gasteiger partial charge on any atom is -0.340 e. The normalized spacial score (nSPS) is 10.8. The summed E-state index contributed by atoms with van der Waals surface area (Å²) in [6, 6.07) is 10.3. The van der Waals surface area contributed by atoms with Crippen LogP contribution in [0.15, 0.2) is 43.1 Å². The third-order valence-electron chi connectivity index (χ3n) is 3.23. The van der Waals surface area contributed by atoms with Crippen LogP contribution in [0.3, 0.4) is 0 Å². The maximum atomic E-state index is 4.67. The standard InChI is InChI=1S/C16H15N3/c1-3-13-11(2)17-10-14-16(13)19-15(18-14)9-12-7-5-4-6-8-12/h3-8,10H,1,9H2,2H3,(H,18,19). The second-order valence-electron chi connectivity index (χ2n) is 4.57. The fraction of sp³-hybridized carbons (Fsp3) is 0.125. The molecule has 19 heavy (non-hydrogen) atoms. The van der Waals surface area contributed by atoms with Crippen LogP contribution in [0.1, 0.15) is 22.6 Å². The second-order valence-corrected chi connectivity index (χ2v) is 4.57. The Kier molecular flexibility index (Phi) is 2.88. The Bertz CT molecular complexity index is 726. The van der Waals surface area contributed by atoms with Crippen molar-refractivity contribution in [3.8, 4) is 0 Å². The van der Waals surface area contributed by atoms with E-state index in [4.69, 9.17) is 0 Å². The summed E-state index contributed by atoms with van der Waals surface area (Å²) in [5.41, 5.74) is 5.12. The number of fused-ring (bicyclic) bond motifs is 1. The van der Waals surface area contributed by atoms with Gasteiger partial charge in [-0.25, -0.2) is 4.98 Å². The van der Waals surface area contributed by atoms with Crippen LogP contribution in [0.25, 0.3) is 17.1 Å². The first kappa shape index (κ1) is 11.7. The lowest BCUT2D eigenvalue weighted by Crippen LogP contribution is -1.89. The molecule has 0 aliphatic heterocycles. The van der Waals surface area contributed by atoms with Gasteiger partial charge in [-0.3, -0.25) is 4.98 Å². The zero-order valence-corrected chi connectivity index (χ0v) is 10.9. The molecule has 2 aromatic heterocycles. The third kappa shape index (κ3) is 2.15. The largest absolute Gasteiger partial charge is 0.340 e. The van der Waals surface area contributed by atoms with Gasteiger partial charge in [0, 0.05) is 17.7 Å². The topological polar surface area (TPSA) is 41.6 Å². The van der Waals surface area contributed by atoms with E-state index in [0.717, 1.165) is 34.5 Å². The van der Waals surface area contributed by atoms with Crippen molar-refractivity contribution in [3.05, 3.63) is 65.8 Å². The highest BCUT2D eigenvalue weighted by Crippen LogP contribution is 2.20. The Morgan fingerprint density at radius 1 is 1.26 bits per heavy atom. The van der Waals surface area contributed by atoms with Crippen LogP contribution in [0, 0.1) is 6.92 Å². The molecule has 2 heterocycles. The number of nitrogens with zero attached hydrogens (tertiary/aromatic N) is 2. The number of hydrogen-bond donors (Lipinski definition) is 1. The fourth-order valence-electron chi connectivity index (χ4n) is 2.26. The molecule has 0 saturated heterocycles. The van der Waals surface area contributed by atoms with E-state index in [1.54, 1.807) is 0 Å². The Morgan fingerprint density at radius 2 is 2.05 bits per heavy atom. The first-order chi connectivity index (χ1) is 9.28. The van der Waals surface area contributed by atoms with Gasteiger partial charge in [-0.2, -0.15) is 0 Å². The molecule has 3 aromatic rings. The highest BCUT2D eigenvalue weighted by Gasteiger charge is 2.09. The number of aryl methyl sites for hydroxylation is 1. The van der Waals surface area contributed by atoms with Crippen molar-refractivity contribution in [2.45, 2.75) is 13.3 Å². The van der Waals surface area contributed by atoms with Crippen LogP contribution >= 0.6 is 0 Å². The Labute approximate surface area is 112 Å². The van der Waals surface area contributed by atoms with E-state index in [9.17, 15) is 0 Å². The molecule has 0 spiro atoms. The predicted molar refractivity (Wildman–Crippen MR) is 78.0 cm³/mol. The highest BCUT2D eigenvalue weighted by atomic mass is 14.9. The first-order valence-corrected chi connectivity index (χ1v) is 6.28. The molecule has 0 fully saturated rings. The van der Waals surface area contributed by atoms with E-state index >= 15 is 0 Å². The zero-order chi connectivity index (χ0) is 13.2. The summed E-state index contributed by atoms with van der Waals surface area (Å²) in [6.07, 6.45) is 4.45. The molecule has 3 heteroatoms. The maximum absolute atomic E-state index is 4.67. The van der Waals surface area contributed by atoms with Gasteiger partial charge in [0.1, 0.15) is 5.82 Å². The van der Waals surface area contributed by atoms with Crippen molar-refractivity contribution in [3.63, 3.8) is 0 Å². The first-order valence-electron chi connectivity index (χ1n) is 6.28. The number of nitrogens with one attached hydrogen (secondary N) is 1. The molecule has 0 atom stereocenters. The summed E-state index contributed by atoms with van der Waals surface area (Å²) in [7, 11) is 0. The van der Waals surface area contributed by atoms with Gasteiger partial charge in [0.05, 0.1) is 17.2 Å². The van der Waals surface area contributed by atoms with Crippen LogP contribution in [-0.4, -0.2) is 15.0 Å². The Morgan fingerprint density at radius 3 is 2.79 bits per heavy atom. The van der Waals surface area contributed by atoms with Crippen molar-refractivity contribution >= 4 is 17.1 Å². The van der Waals surface area contributed by atoms with Crippen molar-refractivity contribution < 1.29 is 0 Å². The predicted octanol–water partition coefficient (Wildman–Crippen LogP) is 3.50. The van der Waals surface area contributed by atoms with Crippen molar-refractivity contribution in [1.82, 2.24) is 15.0 Å². The lowest BCUT2D eigenvalue weighted by atomic mass is 10.1. The molecule has 0 aliphatic rings. The molecule has 0 saturated carbocycles. The molecule has 0 aliphatic carbocycles. The number of H-pyrrole nitrogens is 1. The van der Waals surface area contributed by atoms with Crippen molar-refractivity contribution in [1.29, 1.82) is 0 Å². The molecule has 0 unspecified atom stereocenters. The summed E-state index contributed by atoms with van der Waals surface area (Å²) in [5, 5.41) is 0. The molecule has 94 valence electrons. The molecule has 1 aromatic carbocycles. The number of rotatable bonds is 3. The summed E-state index contributed by atoms with van der Waals surface area (Å²) in [5.74, 6) is 0.955. The minimum absolute atomic E-state index is 0.797. The lowest BCUT2D eigenvalue weighted by molar-refractivity contribution is 1.04. The smallest absolute Gasteiger partial charge is 0.111 e. The molecule has 0 amide bonds. The maximum Gasteiger partial charge on any atom is 0.111 e. The van der Waals surface area contributed by atoms with Crippen molar-refractivity contribution in [2.75, 3.05) is 0 Å². The van der Waals surface area contributed by atoms with Crippen LogP contribution in [0.4, 0.5) is 0 Å². The molecule has 3 rings (SSSR count). The quantitative estimate of drug-likeness (QED) is 0.771. The number of aromatic amines is 1. The van der Waals surface area contributed by atoms with E-state index in [1.165, 1.54) is 5.56 Å². The lowest BCUT2D eigenvalue weighted by Gasteiger charge is -1.98. The van der Waals surface area contributed by atoms with Crippen LogP contribution in [0.5, 0.6) is 0 Å². The van der Waals surface area contributed by atoms with Crippen LogP contribution < -0.4 is 0 Å². The average molecular weight is 249 g/mol. The van der Waals surface area contributed by atoms with E-state index < -0.39 is 0 Å². The van der Waals surface area contributed by atoms with Gasteiger partial charge < -0.3 is 4.98 Å². The number of benzene rings is 1. The monoisotopic (exact) mass is 249 g/mol. The highest BCUT2D eigenvalue weighted by molar-refractivity contribution is 5.84. The van der Waals surface area contributed by atoms with Gasteiger partial charge in [0.15, 0.2) is 0 Å². The Balaban J connectivity index is 2.05.